The number of rotatable bonds is 9. The van der Waals surface area contributed by atoms with Crippen LogP contribution in [0.2, 0.25) is 0 Å². The summed E-state index contributed by atoms with van der Waals surface area (Å²) in [6, 6.07) is 20.2. The maximum Gasteiger partial charge on any atom is 0.245 e. The lowest BCUT2D eigenvalue weighted by atomic mass is 9.96. The van der Waals surface area contributed by atoms with Gasteiger partial charge in [-0.25, -0.2) is 0 Å². The summed E-state index contributed by atoms with van der Waals surface area (Å²) in [5.74, 6) is 0.884. The van der Waals surface area contributed by atoms with Gasteiger partial charge in [0.1, 0.15) is 6.04 Å². The van der Waals surface area contributed by atoms with Crippen LogP contribution in [0.3, 0.4) is 0 Å². The van der Waals surface area contributed by atoms with E-state index in [-0.39, 0.29) is 23.8 Å². The van der Waals surface area contributed by atoms with Crippen LogP contribution < -0.4 is 11.1 Å². The molecule has 2 saturated heterocycles. The third-order valence-corrected chi connectivity index (χ3v) is 7.72. The van der Waals surface area contributed by atoms with Gasteiger partial charge in [0.25, 0.3) is 0 Å². The van der Waals surface area contributed by atoms with Crippen LogP contribution >= 0.6 is 0 Å². The Morgan fingerprint density at radius 3 is 2.14 bits per heavy atom. The quantitative estimate of drug-likeness (QED) is 0.561. The Morgan fingerprint density at radius 2 is 1.56 bits per heavy atom. The van der Waals surface area contributed by atoms with E-state index in [2.05, 4.69) is 83.6 Å². The molecule has 6 heteroatoms. The zero-order valence-electron chi connectivity index (χ0n) is 22.0. The van der Waals surface area contributed by atoms with Gasteiger partial charge < -0.3 is 20.9 Å². The molecule has 0 radical (unpaired) electrons. The summed E-state index contributed by atoms with van der Waals surface area (Å²) >= 11 is 0. The zero-order valence-corrected chi connectivity index (χ0v) is 22.0. The fourth-order valence-corrected chi connectivity index (χ4v) is 5.82. The number of likely N-dealkylation sites (tertiary alicyclic amines) is 2. The Bertz CT molecular complexity index is 995. The minimum absolute atomic E-state index is 0.0277. The molecule has 2 heterocycles. The number of carbonyl (C=O) groups excluding carboxylic acids is 2. The molecule has 5 atom stereocenters. The van der Waals surface area contributed by atoms with Crippen LogP contribution in [-0.4, -0.2) is 65.9 Å². The van der Waals surface area contributed by atoms with Crippen LogP contribution in [-0.2, 0) is 9.59 Å². The van der Waals surface area contributed by atoms with Gasteiger partial charge in [0.05, 0.1) is 6.04 Å². The third kappa shape index (κ3) is 6.54. The first kappa shape index (κ1) is 26.4. The molecular formula is C30H42N4O2. The smallest absolute Gasteiger partial charge is 0.245 e. The maximum atomic E-state index is 13.9. The van der Waals surface area contributed by atoms with Gasteiger partial charge in [-0.05, 0) is 55.7 Å². The molecule has 194 valence electrons. The molecule has 36 heavy (non-hydrogen) atoms. The van der Waals surface area contributed by atoms with Gasteiger partial charge in [0, 0.05) is 31.6 Å². The van der Waals surface area contributed by atoms with Crippen LogP contribution in [0, 0.1) is 5.92 Å². The minimum Gasteiger partial charge on any atom is -0.343 e. The molecule has 2 aliphatic heterocycles. The van der Waals surface area contributed by atoms with Gasteiger partial charge >= 0.3 is 0 Å². The average molecular weight is 491 g/mol. The van der Waals surface area contributed by atoms with E-state index in [9.17, 15) is 9.59 Å². The number of nitrogens with two attached hydrogens (primary N) is 1. The molecule has 2 aliphatic rings. The first-order valence-electron chi connectivity index (χ1n) is 13.5. The Labute approximate surface area is 216 Å². The third-order valence-electron chi connectivity index (χ3n) is 7.72. The van der Waals surface area contributed by atoms with E-state index < -0.39 is 12.1 Å². The number of hydrogen-bond acceptors (Lipinski definition) is 4. The highest BCUT2D eigenvalue weighted by Crippen LogP contribution is 2.35. The van der Waals surface area contributed by atoms with Crippen molar-refractivity contribution in [1.29, 1.82) is 0 Å². The summed E-state index contributed by atoms with van der Waals surface area (Å²) in [7, 11) is 0. The van der Waals surface area contributed by atoms with Crippen molar-refractivity contribution in [2.24, 2.45) is 11.7 Å². The number of benzene rings is 2. The fraction of sp³-hybridized carbons (Fsp3) is 0.533. The number of nitrogens with one attached hydrogen (secondary N) is 1. The molecule has 4 rings (SSSR count). The predicted molar refractivity (Wildman–Crippen MR) is 145 cm³/mol. The normalized spacial score (nSPS) is 24.1. The van der Waals surface area contributed by atoms with Gasteiger partial charge in [0.2, 0.25) is 11.8 Å². The van der Waals surface area contributed by atoms with E-state index in [0.717, 1.165) is 32.5 Å². The Kier molecular flexibility index (Phi) is 8.81. The van der Waals surface area contributed by atoms with Crippen molar-refractivity contribution in [3.8, 4) is 0 Å². The molecule has 1 unspecified atom stereocenters. The molecule has 2 fully saturated rings. The van der Waals surface area contributed by atoms with Gasteiger partial charge in [-0.1, -0.05) is 74.5 Å². The highest BCUT2D eigenvalue weighted by Gasteiger charge is 2.40. The Balaban J connectivity index is 1.51. The van der Waals surface area contributed by atoms with Crippen LogP contribution in [0.15, 0.2) is 60.7 Å². The van der Waals surface area contributed by atoms with Crippen molar-refractivity contribution in [2.45, 2.75) is 70.0 Å². The molecule has 2 amide bonds. The lowest BCUT2D eigenvalue weighted by Gasteiger charge is -2.32. The van der Waals surface area contributed by atoms with Crippen molar-refractivity contribution in [3.05, 3.63) is 71.8 Å². The number of amides is 2. The van der Waals surface area contributed by atoms with Crippen molar-refractivity contribution in [2.75, 3.05) is 26.2 Å². The largest absolute Gasteiger partial charge is 0.343 e. The number of carbonyl (C=O) groups is 2. The topological polar surface area (TPSA) is 78.7 Å². The lowest BCUT2D eigenvalue weighted by molar-refractivity contribution is -0.138. The maximum absolute atomic E-state index is 13.9. The Hall–Kier alpha value is -2.70. The van der Waals surface area contributed by atoms with E-state index in [4.69, 9.17) is 5.73 Å². The average Bonchev–Trinajstić information content (AvgIpc) is 3.51. The summed E-state index contributed by atoms with van der Waals surface area (Å²) < 4.78 is 0. The summed E-state index contributed by atoms with van der Waals surface area (Å²) in [6.45, 7) is 9.45. The van der Waals surface area contributed by atoms with Gasteiger partial charge in [0.15, 0.2) is 0 Å². The second-order valence-electron chi connectivity index (χ2n) is 11.1. The van der Waals surface area contributed by atoms with E-state index in [1.165, 1.54) is 11.1 Å². The molecule has 0 aliphatic carbocycles. The van der Waals surface area contributed by atoms with E-state index >= 15 is 0 Å². The molecule has 0 spiro atoms. The standard InChI is InChI=1S/C30H42N4O2/c1-21(2)16-28(32-29(35)22(3)31)30(36)34-19-26(24-12-8-5-9-13-24)17-27(34)20-33-15-14-25(18-33)23-10-6-4-7-11-23/h4-13,21-22,25-28H,14-20,31H2,1-3H3,(H,32,35)/t22-,25?,26-,27-,28-/m0/s1. The van der Waals surface area contributed by atoms with Crippen molar-refractivity contribution in [3.63, 3.8) is 0 Å². The van der Waals surface area contributed by atoms with Gasteiger partial charge in [-0.15, -0.1) is 0 Å². The van der Waals surface area contributed by atoms with Crippen LogP contribution in [0.4, 0.5) is 0 Å². The monoisotopic (exact) mass is 490 g/mol. The second kappa shape index (κ2) is 12.0. The van der Waals surface area contributed by atoms with Gasteiger partial charge in [-0.2, -0.15) is 0 Å². The van der Waals surface area contributed by atoms with Crippen LogP contribution in [0.25, 0.3) is 0 Å². The van der Waals surface area contributed by atoms with E-state index in [1.807, 2.05) is 6.07 Å². The molecule has 0 saturated carbocycles. The van der Waals surface area contributed by atoms with Crippen molar-refractivity contribution < 1.29 is 9.59 Å². The first-order chi connectivity index (χ1) is 17.3. The Morgan fingerprint density at radius 1 is 0.944 bits per heavy atom. The molecule has 3 N–H and O–H groups in total. The zero-order chi connectivity index (χ0) is 25.7. The van der Waals surface area contributed by atoms with E-state index in [0.29, 0.717) is 24.8 Å². The fourth-order valence-electron chi connectivity index (χ4n) is 5.82. The summed E-state index contributed by atoms with van der Waals surface area (Å²) in [6.07, 6.45) is 2.70. The summed E-state index contributed by atoms with van der Waals surface area (Å²) in [5, 5.41) is 2.95. The molecule has 2 aromatic rings. The molecule has 0 bridgehead atoms. The summed E-state index contributed by atoms with van der Waals surface area (Å²) in [4.78, 5) is 31.0. The highest BCUT2D eigenvalue weighted by molar-refractivity contribution is 5.89. The molecule has 2 aromatic carbocycles. The molecular weight excluding hydrogens is 448 g/mol. The SMILES string of the molecule is CC(C)C[C@H](NC(=O)[C@H](C)N)C(=O)N1C[C@@H](c2ccccc2)C[C@H]1CN1CCC(c2ccccc2)C1. The van der Waals surface area contributed by atoms with E-state index in [1.54, 1.807) is 6.92 Å². The number of nitrogens with zero attached hydrogens (tertiary/aromatic N) is 2. The summed E-state index contributed by atoms with van der Waals surface area (Å²) in [5.41, 5.74) is 8.50. The molecule has 6 nitrogen and oxygen atoms in total. The lowest BCUT2D eigenvalue weighted by Crippen LogP contribution is -2.54. The van der Waals surface area contributed by atoms with Crippen molar-refractivity contribution in [1.82, 2.24) is 15.1 Å². The highest BCUT2D eigenvalue weighted by atomic mass is 16.2. The van der Waals surface area contributed by atoms with Crippen LogP contribution in [0.1, 0.15) is 63.0 Å². The second-order valence-corrected chi connectivity index (χ2v) is 11.1. The minimum atomic E-state index is -0.640. The van der Waals surface area contributed by atoms with Gasteiger partial charge in [-0.3, -0.25) is 9.59 Å². The number of hydrogen-bond donors (Lipinski definition) is 2. The first-order valence-corrected chi connectivity index (χ1v) is 13.5. The van der Waals surface area contributed by atoms with Crippen LogP contribution in [0.5, 0.6) is 0 Å². The molecule has 0 aromatic heterocycles. The van der Waals surface area contributed by atoms with Crippen molar-refractivity contribution >= 4 is 11.8 Å². The predicted octanol–water partition coefficient (Wildman–Crippen LogP) is 3.74.